The van der Waals surface area contributed by atoms with E-state index >= 15 is 47.9 Å². The molecule has 7 aromatic carbocycles. The summed E-state index contributed by atoms with van der Waals surface area (Å²) < 4.78 is 0. The number of benzene rings is 7. The average Bonchev–Trinajstić information content (AvgIpc) is 1.42. The van der Waals surface area contributed by atoms with Crippen LogP contribution in [0.3, 0.4) is 0 Å². The molecular formula is C98H120N16O19S. The van der Waals surface area contributed by atoms with E-state index in [-0.39, 0.29) is 74.5 Å². The number of likely N-dealkylation sites (N-methyl/N-ethyl adjacent to an activating group) is 5. The molecule has 2 unspecified atom stereocenters. The molecule has 0 aliphatic carbocycles. The van der Waals surface area contributed by atoms with Crippen molar-refractivity contribution >= 4 is 117 Å². The smallest absolute Gasteiger partial charge is 0.305 e. The van der Waals surface area contributed by atoms with E-state index in [1.165, 1.54) is 93.6 Å². The Hall–Kier alpha value is -14.5. The van der Waals surface area contributed by atoms with Crippen LogP contribution < -0.4 is 53.6 Å². The number of aromatic nitrogens is 1. The molecule has 9 rings (SSSR count). The van der Waals surface area contributed by atoms with Crippen molar-refractivity contribution in [3.63, 3.8) is 0 Å². The van der Waals surface area contributed by atoms with Gasteiger partial charge >= 0.3 is 5.97 Å². The highest BCUT2D eigenvalue weighted by atomic mass is 32.2. The van der Waals surface area contributed by atoms with E-state index in [0.29, 0.717) is 62.7 Å². The SMILES string of the molecule is CCCC[C@H]1C(=O)N(C)CC(=O)N[C@@H](CC(=O)O)C(=O)NC(C(C)c2ccccc2)C(=O)N(C)[C@H](Cc2ccccc2)C(=O)N[C@@H](Cc2ccc(O)cc2)C(=O)N(C)CC(=O)N[C@@H](Cc2c[nH]c3ccccc23)C(=O)N[C@@H](Cc2ccc(O)cc2)C(=O)N[C@@H](CC(C)C)C(=O)N[C@H](C(=O)NCC(N)=O)CSCC(=O)N[C@@H](Cc2ccccc2)C(=O)N(C)[C@H](Cc2ccccc2)C(=O)N1C. The molecule has 0 radical (unpaired) electrons. The van der Waals surface area contributed by atoms with Gasteiger partial charge in [0.2, 0.25) is 88.6 Å². The minimum absolute atomic E-state index is 0.0204. The molecule has 12 atom stereocenters. The third-order valence-corrected chi connectivity index (χ3v) is 24.3. The number of fused-ring (bicyclic) bond motifs is 1. The first-order valence-corrected chi connectivity index (χ1v) is 45.4. The summed E-state index contributed by atoms with van der Waals surface area (Å²) in [5.74, 6) is -17.8. The monoisotopic (exact) mass is 1860 g/mol. The number of para-hydroxylation sites is 1. The van der Waals surface area contributed by atoms with E-state index in [9.17, 15) is 44.1 Å². The van der Waals surface area contributed by atoms with E-state index in [2.05, 4.69) is 52.8 Å². The van der Waals surface area contributed by atoms with Crippen LogP contribution >= 0.6 is 11.8 Å². The van der Waals surface area contributed by atoms with Crippen molar-refractivity contribution in [1.82, 2.24) is 77.3 Å². The van der Waals surface area contributed by atoms with Gasteiger partial charge in [0.25, 0.3) is 0 Å². The molecule has 712 valence electrons. The second-order valence-corrected chi connectivity index (χ2v) is 35.0. The lowest BCUT2D eigenvalue weighted by Gasteiger charge is -2.37. The number of phenolic OH excluding ortho intramolecular Hbond substituents is 2. The number of H-pyrrole nitrogens is 1. The number of carboxylic acid groups (broad SMARTS) is 1. The number of hydrogen-bond donors (Lipinski definition) is 14. The van der Waals surface area contributed by atoms with Crippen molar-refractivity contribution < 1.29 is 92.0 Å². The number of nitrogens with zero attached hydrogens (tertiary/aromatic N) is 5. The van der Waals surface area contributed by atoms with Crippen LogP contribution in [0.1, 0.15) is 105 Å². The first-order valence-electron chi connectivity index (χ1n) is 44.3. The normalized spacial score (nSPS) is 21.7. The number of rotatable bonds is 24. The Balaban J connectivity index is 1.13. The zero-order valence-corrected chi connectivity index (χ0v) is 77.3. The van der Waals surface area contributed by atoms with Crippen LogP contribution in [-0.4, -0.2) is 272 Å². The summed E-state index contributed by atoms with van der Waals surface area (Å²) in [7, 11) is 6.55. The molecule has 0 spiro atoms. The van der Waals surface area contributed by atoms with Crippen LogP contribution in [0.2, 0.25) is 0 Å². The zero-order valence-electron chi connectivity index (χ0n) is 76.5. The Morgan fingerprint density at radius 2 is 0.888 bits per heavy atom. The third-order valence-electron chi connectivity index (χ3n) is 23.2. The number of aliphatic carboxylic acids is 1. The largest absolute Gasteiger partial charge is 0.508 e. The molecule has 1 fully saturated rings. The predicted octanol–water partition coefficient (Wildman–Crippen LogP) is 3.47. The summed E-state index contributed by atoms with van der Waals surface area (Å²) in [6.45, 7) is 4.62. The summed E-state index contributed by atoms with van der Waals surface area (Å²) in [4.78, 5) is 246. The second kappa shape index (κ2) is 50.3. The molecule has 1 aliphatic rings. The van der Waals surface area contributed by atoms with Gasteiger partial charge in [0.05, 0.1) is 31.8 Å². The van der Waals surface area contributed by atoms with Crippen LogP contribution in [-0.2, 0) is 115 Å². The van der Waals surface area contributed by atoms with Crippen LogP contribution in [0, 0.1) is 5.92 Å². The van der Waals surface area contributed by atoms with Crippen molar-refractivity contribution in [3.8, 4) is 11.5 Å². The third kappa shape index (κ3) is 30.6. The number of nitrogens with two attached hydrogens (primary N) is 1. The summed E-state index contributed by atoms with van der Waals surface area (Å²) in [6.07, 6.45) is -0.0258. The van der Waals surface area contributed by atoms with Crippen LogP contribution in [0.4, 0.5) is 0 Å². The molecule has 36 heteroatoms. The van der Waals surface area contributed by atoms with Crippen molar-refractivity contribution in [1.29, 1.82) is 0 Å². The highest BCUT2D eigenvalue weighted by molar-refractivity contribution is 8.00. The fourth-order valence-electron chi connectivity index (χ4n) is 15.8. The number of aromatic hydroxyl groups is 2. The highest BCUT2D eigenvalue weighted by Crippen LogP contribution is 2.27. The van der Waals surface area contributed by atoms with E-state index in [1.807, 2.05) is 6.92 Å². The molecule has 0 saturated carbocycles. The number of nitrogens with one attached hydrogen (secondary N) is 10. The van der Waals surface area contributed by atoms with Gasteiger partial charge in [-0.15, -0.1) is 11.8 Å². The summed E-state index contributed by atoms with van der Waals surface area (Å²) in [5.41, 5.74) is 9.57. The van der Waals surface area contributed by atoms with E-state index in [0.717, 1.165) is 26.5 Å². The topological polar surface area (TPSA) is 500 Å². The number of carbonyl (C=O) groups excluding carboxylic acids is 15. The fourth-order valence-corrected chi connectivity index (χ4v) is 16.6. The number of aromatic amines is 1. The van der Waals surface area contributed by atoms with Crippen molar-refractivity contribution in [2.24, 2.45) is 11.7 Å². The number of hydrogen-bond acceptors (Lipinski definition) is 19. The molecule has 134 heavy (non-hydrogen) atoms. The number of carbonyl (C=O) groups is 16. The number of thioether (sulfide) groups is 1. The number of amides is 15. The van der Waals surface area contributed by atoms with Gasteiger partial charge in [0.15, 0.2) is 0 Å². The van der Waals surface area contributed by atoms with Gasteiger partial charge in [-0.05, 0) is 88.0 Å². The van der Waals surface area contributed by atoms with Crippen LogP contribution in [0.15, 0.2) is 200 Å². The molecule has 15 N–H and O–H groups in total. The van der Waals surface area contributed by atoms with E-state index in [1.54, 1.807) is 173 Å². The highest BCUT2D eigenvalue weighted by Gasteiger charge is 2.43. The average molecular weight is 1860 g/mol. The minimum Gasteiger partial charge on any atom is -0.508 e. The maximum atomic E-state index is 15.8. The Labute approximate surface area is 782 Å². The minimum atomic E-state index is -1.95. The molecule has 15 amide bonds. The van der Waals surface area contributed by atoms with Gasteiger partial charge in [-0.3, -0.25) is 76.7 Å². The Morgan fingerprint density at radius 1 is 0.448 bits per heavy atom. The van der Waals surface area contributed by atoms with E-state index < -0.39 is 199 Å². The Morgan fingerprint density at radius 3 is 1.43 bits per heavy atom. The summed E-state index contributed by atoms with van der Waals surface area (Å²) in [5, 5.41) is 56.1. The molecule has 35 nitrogen and oxygen atoms in total. The Bertz CT molecular complexity index is 5410. The Kier molecular flexibility index (Phi) is 38.7. The number of primary amides is 1. The van der Waals surface area contributed by atoms with Gasteiger partial charge in [-0.1, -0.05) is 204 Å². The van der Waals surface area contributed by atoms with Gasteiger partial charge in [0, 0.05) is 103 Å². The molecule has 0 bridgehead atoms. The molecular weight excluding hydrogens is 1740 g/mol. The molecule has 8 aromatic rings. The quantitative estimate of drug-likeness (QED) is 0.0412. The molecule has 1 aliphatic heterocycles. The van der Waals surface area contributed by atoms with Gasteiger partial charge in [-0.25, -0.2) is 0 Å². The lowest BCUT2D eigenvalue weighted by Crippen LogP contribution is -2.61. The van der Waals surface area contributed by atoms with Crippen molar-refractivity contribution in [2.45, 2.75) is 171 Å². The van der Waals surface area contributed by atoms with Gasteiger partial charge in [0.1, 0.15) is 78.0 Å². The lowest BCUT2D eigenvalue weighted by molar-refractivity contribution is -0.151. The number of phenols is 2. The first-order chi connectivity index (χ1) is 63.9. The van der Waals surface area contributed by atoms with E-state index in [4.69, 9.17) is 5.73 Å². The fraction of sp³-hybridized carbons (Fsp3) is 0.388. The molecule has 1 saturated heterocycles. The summed E-state index contributed by atoms with van der Waals surface area (Å²) in [6, 6.07) is 35.4. The van der Waals surface area contributed by atoms with Gasteiger partial charge in [-0.2, -0.15) is 0 Å². The maximum Gasteiger partial charge on any atom is 0.305 e. The van der Waals surface area contributed by atoms with Crippen molar-refractivity contribution in [3.05, 3.63) is 239 Å². The predicted molar refractivity (Wildman–Crippen MR) is 502 cm³/mol. The standard InChI is InChI=1S/C98H120N16O19S/c1-10-11-36-79-96(131)111(6)56-84(119)103-75(52-86(121)122)92(127)109-87(60(4)66-32-22-15-23-33-66)98(133)113(8)80(49-62-28-18-13-19-29-62)93(128)107-76(48-65-39-43-69(116)44-40-65)94(129)110(5)55-83(118)102-74(51-67-53-100-71-35-25-24-34-70(67)71)91(126)106-73(46-64-37-41-68(115)42-38-64)90(125)105-72(45-59(2)3)89(124)108-78(88(123)101-54-82(99)117)57-134-58-85(120)104-77(47-61-26-16-12-17-27-61)95(130)114(9)81(97(132)112(79)7)50-63-30-20-14-21-31-63/h12-35,37-44,53,59-60,72-81,87,100,115-116H,10-11,36,45-52,54-58H2,1-9H3,(H2,99,117)(H,101,123)(H,102,118)(H,103,119)(H,104,120)(H,105,125)(H,106,126)(H,107,128)(H,108,124)(H,109,127)(H,121,122)/t60?,72-,73-,74-,75-,76-,77-,78-,79-,80+,81+,87?/m0/s1. The summed E-state index contributed by atoms with van der Waals surface area (Å²) >= 11 is 0.828. The van der Waals surface area contributed by atoms with Crippen LogP contribution in [0.25, 0.3) is 10.9 Å². The molecule has 1 aromatic heterocycles. The van der Waals surface area contributed by atoms with Crippen molar-refractivity contribution in [2.75, 3.05) is 66.4 Å². The molecule has 2 heterocycles. The lowest BCUT2D eigenvalue weighted by atomic mass is 9.91. The number of unbranched alkanes of at least 4 members (excludes halogenated alkanes) is 1. The van der Waals surface area contributed by atoms with Crippen LogP contribution in [0.5, 0.6) is 11.5 Å². The second-order valence-electron chi connectivity index (χ2n) is 34.0. The van der Waals surface area contributed by atoms with Gasteiger partial charge < -0.3 is 98.4 Å². The zero-order chi connectivity index (χ0) is 97.4. The first kappa shape index (κ1) is 103. The maximum absolute atomic E-state index is 15.8. The number of carboxylic acids is 1.